The van der Waals surface area contributed by atoms with Gasteiger partial charge in [0.2, 0.25) is 11.8 Å². The molecular weight excluding hydrogens is 430 g/mol. The summed E-state index contributed by atoms with van der Waals surface area (Å²) in [5, 5.41) is 4.51. The van der Waals surface area contributed by atoms with Crippen LogP contribution in [0.4, 0.5) is 8.78 Å². The van der Waals surface area contributed by atoms with E-state index in [4.69, 9.17) is 0 Å². The zero-order valence-electron chi connectivity index (χ0n) is 18.2. The van der Waals surface area contributed by atoms with Gasteiger partial charge in [-0.3, -0.25) is 24.5 Å². The first-order valence-electron chi connectivity index (χ1n) is 10.6. The van der Waals surface area contributed by atoms with Crippen molar-refractivity contribution in [3.05, 3.63) is 58.7 Å². The maximum Gasteiger partial charge on any atom is 0.349 e. The van der Waals surface area contributed by atoms with Crippen molar-refractivity contribution >= 4 is 50.2 Å². The van der Waals surface area contributed by atoms with Crippen molar-refractivity contribution < 1.29 is 28.0 Å². The largest absolute Gasteiger partial charge is 0.349 e. The molecule has 0 aromatic heterocycles. The Hall–Kier alpha value is -3.49. The molecule has 2 heterocycles. The Bertz CT molecular complexity index is 1190. The third-order valence-corrected chi connectivity index (χ3v) is 6.20. The Balaban J connectivity index is 1.44. The van der Waals surface area contributed by atoms with E-state index in [9.17, 15) is 28.0 Å². The van der Waals surface area contributed by atoms with Gasteiger partial charge in [-0.25, -0.2) is 0 Å². The average molecular weight is 451 g/mol. The lowest BCUT2D eigenvalue weighted by atomic mass is 9.79. The van der Waals surface area contributed by atoms with Crippen LogP contribution in [0, 0.1) is 0 Å². The number of halogens is 2. The van der Waals surface area contributed by atoms with E-state index in [1.165, 1.54) is 17.0 Å². The normalized spacial score (nSPS) is 18.2. The van der Waals surface area contributed by atoms with E-state index in [0.29, 0.717) is 22.2 Å². The molecule has 1 atom stereocenters. The number of hydrogen-bond acceptors (Lipinski definition) is 4. The highest BCUT2D eigenvalue weighted by molar-refractivity contribution is 6.48. The molecule has 4 amide bonds. The van der Waals surface area contributed by atoms with E-state index >= 15 is 0 Å². The number of carbonyl (C=O) groups excluding carboxylic acids is 4. The fourth-order valence-electron chi connectivity index (χ4n) is 4.10. The minimum absolute atomic E-state index is 0.140. The van der Waals surface area contributed by atoms with E-state index < -0.39 is 23.8 Å². The van der Waals surface area contributed by atoms with Gasteiger partial charge in [-0.05, 0) is 23.6 Å². The van der Waals surface area contributed by atoms with Gasteiger partial charge in [0.05, 0.1) is 0 Å². The van der Waals surface area contributed by atoms with Gasteiger partial charge < -0.3 is 10.2 Å². The highest BCUT2D eigenvalue weighted by Gasteiger charge is 2.41. The van der Waals surface area contributed by atoms with Gasteiger partial charge in [0.1, 0.15) is 21.7 Å². The molecule has 1 fully saturated rings. The van der Waals surface area contributed by atoms with Crippen molar-refractivity contribution in [3.8, 4) is 0 Å². The summed E-state index contributed by atoms with van der Waals surface area (Å²) >= 11 is 0. The summed E-state index contributed by atoms with van der Waals surface area (Å²) < 4.78 is 29.3. The lowest BCUT2D eigenvalue weighted by molar-refractivity contribution is -0.147. The maximum absolute atomic E-state index is 14.6. The minimum atomic E-state index is -3.69. The molecular formula is C22H21B2F2N3O4. The van der Waals surface area contributed by atoms with E-state index in [1.54, 1.807) is 40.0 Å². The highest BCUT2D eigenvalue weighted by atomic mass is 19.3. The molecule has 11 heteroatoms. The van der Waals surface area contributed by atoms with Crippen LogP contribution in [0.2, 0.25) is 0 Å². The number of carbonyl (C=O) groups is 4. The highest BCUT2D eigenvalue weighted by Crippen LogP contribution is 2.29. The van der Waals surface area contributed by atoms with Crippen LogP contribution in [0.3, 0.4) is 0 Å². The smallest absolute Gasteiger partial charge is 0.346 e. The quantitative estimate of drug-likeness (QED) is 0.422. The number of nitrogens with one attached hydrogen (secondary N) is 2. The Labute approximate surface area is 190 Å². The van der Waals surface area contributed by atoms with Crippen LogP contribution in [-0.4, -0.2) is 50.3 Å². The zero-order chi connectivity index (χ0) is 23.9. The number of rotatable bonds is 5. The van der Waals surface area contributed by atoms with Crippen molar-refractivity contribution in [1.82, 2.24) is 15.5 Å². The summed E-state index contributed by atoms with van der Waals surface area (Å²) in [6, 6.07) is 8.17. The average Bonchev–Trinajstić information content (AvgIpc) is 3.09. The van der Waals surface area contributed by atoms with E-state index in [0.717, 1.165) is 5.46 Å². The van der Waals surface area contributed by atoms with Crippen LogP contribution in [0.15, 0.2) is 36.4 Å². The Morgan fingerprint density at radius 2 is 1.88 bits per heavy atom. The third kappa shape index (κ3) is 4.27. The van der Waals surface area contributed by atoms with Crippen molar-refractivity contribution in [2.45, 2.75) is 37.9 Å². The van der Waals surface area contributed by atoms with Gasteiger partial charge in [0.25, 0.3) is 11.8 Å². The Kier molecular flexibility index (Phi) is 5.82. The van der Waals surface area contributed by atoms with Crippen LogP contribution >= 0.6 is 0 Å². The van der Waals surface area contributed by atoms with Gasteiger partial charge in [-0.2, -0.15) is 8.78 Å². The van der Waals surface area contributed by atoms with Gasteiger partial charge >= 0.3 is 5.92 Å². The van der Waals surface area contributed by atoms with Gasteiger partial charge in [0, 0.05) is 30.6 Å². The van der Waals surface area contributed by atoms with Crippen molar-refractivity contribution in [3.63, 3.8) is 0 Å². The molecule has 2 aromatic rings. The SMILES string of the molecule is Bc1ccc(C(F)(F)C(=O)NCc2ccc3c(c2)CN(C2CCC(=O)NC2=O)C3=O)cc1B. The molecule has 0 aliphatic carbocycles. The first-order chi connectivity index (χ1) is 15.6. The molecule has 2 N–H and O–H groups in total. The Morgan fingerprint density at radius 1 is 1.12 bits per heavy atom. The van der Waals surface area contributed by atoms with Crippen molar-refractivity contribution in [2.75, 3.05) is 0 Å². The first-order valence-corrected chi connectivity index (χ1v) is 10.6. The number of nitrogens with zero attached hydrogens (tertiary/aromatic N) is 1. The number of benzene rings is 2. The predicted molar refractivity (Wildman–Crippen MR) is 121 cm³/mol. The lowest BCUT2D eigenvalue weighted by Crippen LogP contribution is -2.52. The van der Waals surface area contributed by atoms with E-state index in [1.807, 2.05) is 0 Å². The minimum Gasteiger partial charge on any atom is -0.346 e. The molecule has 0 bridgehead atoms. The molecule has 1 unspecified atom stereocenters. The second kappa shape index (κ2) is 8.46. The second-order valence-electron chi connectivity index (χ2n) is 8.45. The number of alkyl halides is 2. The Morgan fingerprint density at radius 3 is 2.58 bits per heavy atom. The summed E-state index contributed by atoms with van der Waals surface area (Å²) in [5.74, 6) is -6.29. The summed E-state index contributed by atoms with van der Waals surface area (Å²) in [6.07, 6.45) is 0.406. The molecule has 2 aliphatic heterocycles. The van der Waals surface area contributed by atoms with Crippen molar-refractivity contribution in [1.29, 1.82) is 0 Å². The third-order valence-electron chi connectivity index (χ3n) is 6.20. The van der Waals surface area contributed by atoms with Gasteiger partial charge in [-0.15, -0.1) is 0 Å². The molecule has 0 saturated carbocycles. The summed E-state index contributed by atoms with van der Waals surface area (Å²) in [6.45, 7) is 0.0280. The predicted octanol–water partition coefficient (Wildman–Crippen LogP) is -1.63. The fraction of sp³-hybridized carbons (Fsp3) is 0.273. The summed E-state index contributed by atoms with van der Waals surface area (Å²) in [4.78, 5) is 49.9. The second-order valence-corrected chi connectivity index (χ2v) is 8.45. The lowest BCUT2D eigenvalue weighted by Gasteiger charge is -2.29. The van der Waals surface area contributed by atoms with Gasteiger partial charge in [-0.1, -0.05) is 41.3 Å². The fourth-order valence-corrected chi connectivity index (χ4v) is 4.10. The van der Waals surface area contributed by atoms with Crippen LogP contribution in [0.1, 0.15) is 39.9 Å². The van der Waals surface area contributed by atoms with Crippen LogP contribution in [0.5, 0.6) is 0 Å². The molecule has 0 radical (unpaired) electrons. The number of hydrogen-bond donors (Lipinski definition) is 2. The molecule has 0 spiro atoms. The van der Waals surface area contributed by atoms with E-state index in [2.05, 4.69) is 10.6 Å². The maximum atomic E-state index is 14.6. The van der Waals surface area contributed by atoms with Crippen LogP contribution in [-0.2, 0) is 33.4 Å². The molecule has 1 saturated heterocycles. The molecule has 4 rings (SSSR count). The molecule has 7 nitrogen and oxygen atoms in total. The van der Waals surface area contributed by atoms with Crippen molar-refractivity contribution in [2.24, 2.45) is 0 Å². The molecule has 33 heavy (non-hydrogen) atoms. The molecule has 2 aliphatic rings. The summed E-state index contributed by atoms with van der Waals surface area (Å²) in [5.41, 5.74) is 2.75. The number of amides is 4. The molecule has 168 valence electrons. The van der Waals surface area contributed by atoms with Crippen LogP contribution in [0.25, 0.3) is 0 Å². The summed E-state index contributed by atoms with van der Waals surface area (Å²) in [7, 11) is 3.51. The monoisotopic (exact) mass is 451 g/mol. The zero-order valence-corrected chi connectivity index (χ0v) is 18.2. The first kappa shape index (κ1) is 22.7. The van der Waals surface area contributed by atoms with Gasteiger partial charge in [0.15, 0.2) is 0 Å². The number of fused-ring (bicyclic) bond motifs is 1. The number of imide groups is 1. The number of piperidine rings is 1. The topological polar surface area (TPSA) is 95.6 Å². The van der Waals surface area contributed by atoms with Crippen LogP contribution < -0.4 is 21.6 Å². The van der Waals surface area contributed by atoms with E-state index in [-0.39, 0.29) is 43.3 Å². The molecule has 2 aromatic carbocycles. The standard InChI is InChI=1S/C22H21B2F2N3O4/c23-15-4-2-13(8-16(15)24)22(25,26)21(33)27-9-11-1-3-14-12(7-11)10-29(20(14)32)17-5-6-18(30)28-19(17)31/h1-4,7-8,17H,5-6,9-10,23-24H2,(H,27,33)(H,28,30,31).